The van der Waals surface area contributed by atoms with E-state index in [-0.39, 0.29) is 17.6 Å². The Kier molecular flexibility index (Phi) is 4.19. The van der Waals surface area contributed by atoms with Crippen LogP contribution in [0.5, 0.6) is 5.75 Å². The van der Waals surface area contributed by atoms with E-state index in [0.717, 1.165) is 22.4 Å². The van der Waals surface area contributed by atoms with Crippen molar-refractivity contribution in [3.63, 3.8) is 0 Å². The molecule has 0 aliphatic carbocycles. The number of halogens is 2. The van der Waals surface area contributed by atoms with Gasteiger partial charge in [-0.3, -0.25) is 0 Å². The van der Waals surface area contributed by atoms with Crippen LogP contribution in [0.25, 0.3) is 0 Å². The minimum Gasteiger partial charge on any atom is -0.507 e. The van der Waals surface area contributed by atoms with Crippen LogP contribution in [-0.2, 0) is 0 Å². The summed E-state index contributed by atoms with van der Waals surface area (Å²) < 4.78 is 13.1. The van der Waals surface area contributed by atoms with Crippen LogP contribution in [0.4, 0.5) is 10.1 Å². The summed E-state index contributed by atoms with van der Waals surface area (Å²) in [6.07, 6.45) is 0. The standard InChI is InChI=1S/C16H17ClFNO/c1-9-4-7-15(10(2)16(9)20)19-11(3)13-6-5-12(18)8-14(13)17/h4-8,11,19-20H,1-3H3. The largest absolute Gasteiger partial charge is 0.507 e. The number of phenolic OH excluding ortho intramolecular Hbond substituents is 1. The molecule has 0 radical (unpaired) electrons. The molecule has 0 aromatic heterocycles. The van der Waals surface area contributed by atoms with Crippen molar-refractivity contribution in [1.82, 2.24) is 0 Å². The van der Waals surface area contributed by atoms with Gasteiger partial charge in [0.05, 0.1) is 6.04 Å². The Labute approximate surface area is 123 Å². The van der Waals surface area contributed by atoms with Crippen molar-refractivity contribution in [2.24, 2.45) is 0 Å². The third-order valence-corrected chi connectivity index (χ3v) is 3.76. The molecule has 1 atom stereocenters. The molecule has 0 spiro atoms. The van der Waals surface area contributed by atoms with Gasteiger partial charge in [0.1, 0.15) is 11.6 Å². The zero-order valence-electron chi connectivity index (χ0n) is 11.7. The third kappa shape index (κ3) is 2.88. The molecule has 0 amide bonds. The first-order chi connectivity index (χ1) is 9.40. The molecule has 106 valence electrons. The molecule has 0 aliphatic rings. The molecule has 2 nitrogen and oxygen atoms in total. The van der Waals surface area contributed by atoms with Gasteiger partial charge in [0.2, 0.25) is 0 Å². The molecule has 0 aliphatic heterocycles. The van der Waals surface area contributed by atoms with Crippen LogP contribution in [0.1, 0.15) is 29.7 Å². The molecule has 2 rings (SSSR count). The molecule has 0 heterocycles. The molecule has 0 saturated carbocycles. The van der Waals surface area contributed by atoms with E-state index >= 15 is 0 Å². The number of anilines is 1. The van der Waals surface area contributed by atoms with Gasteiger partial charge in [-0.25, -0.2) is 4.39 Å². The zero-order chi connectivity index (χ0) is 14.9. The van der Waals surface area contributed by atoms with Gasteiger partial charge in [0, 0.05) is 16.3 Å². The van der Waals surface area contributed by atoms with Crippen LogP contribution >= 0.6 is 11.6 Å². The van der Waals surface area contributed by atoms with Crippen molar-refractivity contribution in [3.05, 3.63) is 57.9 Å². The molecule has 2 N–H and O–H groups in total. The maximum atomic E-state index is 13.1. The van der Waals surface area contributed by atoms with Gasteiger partial charge in [-0.2, -0.15) is 0 Å². The number of aryl methyl sites for hydroxylation is 1. The summed E-state index contributed by atoms with van der Waals surface area (Å²) >= 11 is 6.06. The van der Waals surface area contributed by atoms with Gasteiger partial charge < -0.3 is 10.4 Å². The smallest absolute Gasteiger partial charge is 0.124 e. The van der Waals surface area contributed by atoms with E-state index in [0.29, 0.717) is 5.02 Å². The maximum absolute atomic E-state index is 13.1. The number of rotatable bonds is 3. The second-order valence-corrected chi connectivity index (χ2v) is 5.34. The molecular formula is C16H17ClFNO. The van der Waals surface area contributed by atoms with E-state index in [4.69, 9.17) is 11.6 Å². The van der Waals surface area contributed by atoms with Crippen molar-refractivity contribution in [1.29, 1.82) is 0 Å². The molecule has 0 saturated heterocycles. The van der Waals surface area contributed by atoms with E-state index in [1.54, 1.807) is 6.07 Å². The molecule has 0 bridgehead atoms. The van der Waals surface area contributed by atoms with Crippen molar-refractivity contribution in [2.75, 3.05) is 5.32 Å². The Morgan fingerprint density at radius 2 is 1.90 bits per heavy atom. The van der Waals surface area contributed by atoms with Crippen molar-refractivity contribution in [2.45, 2.75) is 26.8 Å². The van der Waals surface area contributed by atoms with Gasteiger partial charge in [0.15, 0.2) is 0 Å². The number of hydrogen-bond acceptors (Lipinski definition) is 2. The first-order valence-corrected chi connectivity index (χ1v) is 6.78. The van der Waals surface area contributed by atoms with Crippen molar-refractivity contribution < 1.29 is 9.50 Å². The first kappa shape index (κ1) is 14.7. The van der Waals surface area contributed by atoms with Crippen LogP contribution in [0.15, 0.2) is 30.3 Å². The first-order valence-electron chi connectivity index (χ1n) is 6.40. The number of hydrogen-bond donors (Lipinski definition) is 2. The van der Waals surface area contributed by atoms with Crippen molar-refractivity contribution >= 4 is 17.3 Å². The monoisotopic (exact) mass is 293 g/mol. The summed E-state index contributed by atoms with van der Waals surface area (Å²) in [7, 11) is 0. The van der Waals surface area contributed by atoms with E-state index in [1.165, 1.54) is 12.1 Å². The second-order valence-electron chi connectivity index (χ2n) is 4.94. The Hall–Kier alpha value is -1.74. The normalized spacial score (nSPS) is 12.2. The fourth-order valence-electron chi connectivity index (χ4n) is 2.16. The molecule has 4 heteroatoms. The minimum absolute atomic E-state index is 0.0936. The van der Waals surface area contributed by atoms with E-state index in [2.05, 4.69) is 5.32 Å². The fourth-order valence-corrected chi connectivity index (χ4v) is 2.49. The quantitative estimate of drug-likeness (QED) is 0.837. The van der Waals surface area contributed by atoms with Crippen LogP contribution in [-0.4, -0.2) is 5.11 Å². The predicted octanol–water partition coefficient (Wildman–Crippen LogP) is 4.97. The Balaban J connectivity index is 2.28. The number of benzene rings is 2. The Morgan fingerprint density at radius 1 is 1.20 bits per heavy atom. The average Bonchev–Trinajstić information content (AvgIpc) is 2.39. The molecule has 20 heavy (non-hydrogen) atoms. The zero-order valence-corrected chi connectivity index (χ0v) is 12.4. The highest BCUT2D eigenvalue weighted by molar-refractivity contribution is 6.31. The molecule has 1 unspecified atom stereocenters. The lowest BCUT2D eigenvalue weighted by atomic mass is 10.1. The number of phenols is 1. The van der Waals surface area contributed by atoms with Gasteiger partial charge in [-0.1, -0.05) is 23.7 Å². The number of aromatic hydroxyl groups is 1. The van der Waals surface area contributed by atoms with Gasteiger partial charge in [0.25, 0.3) is 0 Å². The van der Waals surface area contributed by atoms with E-state index < -0.39 is 0 Å². The van der Waals surface area contributed by atoms with Crippen molar-refractivity contribution in [3.8, 4) is 5.75 Å². The van der Waals surface area contributed by atoms with Gasteiger partial charge >= 0.3 is 0 Å². The Bertz CT molecular complexity index is 643. The summed E-state index contributed by atoms with van der Waals surface area (Å²) in [6, 6.07) is 8.03. The summed E-state index contributed by atoms with van der Waals surface area (Å²) in [6.45, 7) is 5.64. The van der Waals surface area contributed by atoms with Crippen LogP contribution in [0.3, 0.4) is 0 Å². The third-order valence-electron chi connectivity index (χ3n) is 3.43. The van der Waals surface area contributed by atoms with Crippen LogP contribution in [0, 0.1) is 19.7 Å². The lowest BCUT2D eigenvalue weighted by Crippen LogP contribution is -2.08. The molecule has 2 aromatic rings. The number of nitrogens with one attached hydrogen (secondary N) is 1. The lowest BCUT2D eigenvalue weighted by Gasteiger charge is -2.19. The molecule has 2 aromatic carbocycles. The highest BCUT2D eigenvalue weighted by atomic mass is 35.5. The minimum atomic E-state index is -0.352. The van der Waals surface area contributed by atoms with E-state index in [1.807, 2.05) is 32.9 Å². The second kappa shape index (κ2) is 5.71. The maximum Gasteiger partial charge on any atom is 0.124 e. The SMILES string of the molecule is Cc1ccc(NC(C)c2ccc(F)cc2Cl)c(C)c1O. The highest BCUT2D eigenvalue weighted by Gasteiger charge is 2.13. The van der Waals surface area contributed by atoms with Gasteiger partial charge in [-0.15, -0.1) is 0 Å². The molecule has 0 fully saturated rings. The topological polar surface area (TPSA) is 32.3 Å². The summed E-state index contributed by atoms with van der Waals surface area (Å²) in [4.78, 5) is 0. The predicted molar refractivity (Wildman–Crippen MR) is 81.0 cm³/mol. The fraction of sp³-hybridized carbons (Fsp3) is 0.250. The summed E-state index contributed by atoms with van der Waals surface area (Å²) in [5.74, 6) is -0.0671. The summed E-state index contributed by atoms with van der Waals surface area (Å²) in [5, 5.41) is 13.6. The average molecular weight is 294 g/mol. The molecular weight excluding hydrogens is 277 g/mol. The highest BCUT2D eigenvalue weighted by Crippen LogP contribution is 2.32. The Morgan fingerprint density at radius 3 is 2.55 bits per heavy atom. The van der Waals surface area contributed by atoms with Crippen LogP contribution < -0.4 is 5.32 Å². The van der Waals surface area contributed by atoms with Crippen LogP contribution in [0.2, 0.25) is 5.02 Å². The lowest BCUT2D eigenvalue weighted by molar-refractivity contribution is 0.467. The summed E-state index contributed by atoms with van der Waals surface area (Å²) in [5.41, 5.74) is 3.27. The van der Waals surface area contributed by atoms with E-state index in [9.17, 15) is 9.50 Å². The van der Waals surface area contributed by atoms with Gasteiger partial charge in [-0.05, 0) is 50.1 Å².